The highest BCUT2D eigenvalue weighted by Crippen LogP contribution is 2.40. The van der Waals surface area contributed by atoms with Gasteiger partial charge in [-0.05, 0) is 17.7 Å². The molecule has 0 saturated heterocycles. The van der Waals surface area contributed by atoms with E-state index in [0.29, 0.717) is 17.9 Å². The van der Waals surface area contributed by atoms with Crippen molar-refractivity contribution in [3.05, 3.63) is 59.7 Å². The van der Waals surface area contributed by atoms with Gasteiger partial charge in [0.15, 0.2) is 0 Å². The molecule has 0 saturated carbocycles. The zero-order valence-electron chi connectivity index (χ0n) is 14.3. The number of sulfonamides is 1. The molecule has 25 heavy (non-hydrogen) atoms. The second-order valence-electron chi connectivity index (χ2n) is 5.78. The Hall–Kier alpha value is -2.54. The molecule has 1 aliphatic rings. The molecule has 3 rings (SSSR count). The number of hydrogen-bond acceptors (Lipinski definition) is 5. The first-order chi connectivity index (χ1) is 11.9. The average molecular weight is 360 g/mol. The molecule has 0 fully saturated rings. The number of methoxy groups -OCH3 is 2. The zero-order valence-corrected chi connectivity index (χ0v) is 15.2. The first-order valence-electron chi connectivity index (χ1n) is 7.78. The van der Waals surface area contributed by atoms with Crippen LogP contribution in [0.25, 0.3) is 0 Å². The molecule has 2 aromatic carbocycles. The molecule has 1 atom stereocenters. The van der Waals surface area contributed by atoms with Gasteiger partial charge in [-0.25, -0.2) is 8.42 Å². The van der Waals surface area contributed by atoms with Crippen LogP contribution in [0, 0.1) is 0 Å². The Labute approximate surface area is 147 Å². The van der Waals surface area contributed by atoms with Crippen LogP contribution in [0.3, 0.4) is 0 Å². The van der Waals surface area contributed by atoms with Crippen molar-refractivity contribution in [2.45, 2.75) is 12.5 Å². The molecule has 0 spiro atoms. The maximum atomic E-state index is 12.3. The Morgan fingerprint density at radius 1 is 1.08 bits per heavy atom. The summed E-state index contributed by atoms with van der Waals surface area (Å²) in [6.45, 7) is 0. The van der Waals surface area contributed by atoms with E-state index in [4.69, 9.17) is 9.47 Å². The van der Waals surface area contributed by atoms with Gasteiger partial charge in [0.05, 0.1) is 32.2 Å². The highest BCUT2D eigenvalue weighted by Gasteiger charge is 2.36. The van der Waals surface area contributed by atoms with Gasteiger partial charge in [0.25, 0.3) is 0 Å². The number of benzene rings is 2. The van der Waals surface area contributed by atoms with Crippen molar-refractivity contribution >= 4 is 15.7 Å². The smallest absolute Gasteiger partial charge is 0.247 e. The quantitative estimate of drug-likeness (QED) is 0.822. The first-order valence-corrected chi connectivity index (χ1v) is 9.63. The van der Waals surface area contributed by atoms with Gasteiger partial charge in [0.1, 0.15) is 11.5 Å². The van der Waals surface area contributed by atoms with E-state index in [1.54, 1.807) is 26.4 Å². The normalized spacial score (nSPS) is 17.3. The summed E-state index contributed by atoms with van der Waals surface area (Å²) in [6.07, 6.45) is 1.63. The second kappa shape index (κ2) is 6.76. The van der Waals surface area contributed by atoms with Gasteiger partial charge in [0, 0.05) is 18.1 Å². The van der Waals surface area contributed by atoms with Crippen LogP contribution in [0.2, 0.25) is 0 Å². The molecule has 1 heterocycles. The number of ether oxygens (including phenoxy) is 2. The monoisotopic (exact) mass is 360 g/mol. The van der Waals surface area contributed by atoms with E-state index in [1.165, 1.54) is 4.41 Å². The Morgan fingerprint density at radius 3 is 2.40 bits per heavy atom. The van der Waals surface area contributed by atoms with Crippen molar-refractivity contribution in [1.29, 1.82) is 0 Å². The van der Waals surface area contributed by atoms with Crippen LogP contribution in [-0.4, -0.2) is 39.0 Å². The molecule has 132 valence electrons. The minimum Gasteiger partial charge on any atom is -0.497 e. The van der Waals surface area contributed by atoms with Crippen LogP contribution in [0.1, 0.15) is 23.6 Å². The third-order valence-electron chi connectivity index (χ3n) is 4.12. The summed E-state index contributed by atoms with van der Waals surface area (Å²) in [7, 11) is -0.397. The van der Waals surface area contributed by atoms with Gasteiger partial charge >= 0.3 is 0 Å². The molecule has 6 nitrogen and oxygen atoms in total. The minimum atomic E-state index is -3.52. The van der Waals surface area contributed by atoms with Crippen LogP contribution in [0.15, 0.2) is 53.6 Å². The number of nitrogens with zero attached hydrogens (tertiary/aromatic N) is 2. The topological polar surface area (TPSA) is 68.2 Å². The van der Waals surface area contributed by atoms with Gasteiger partial charge in [-0.3, -0.25) is 0 Å². The summed E-state index contributed by atoms with van der Waals surface area (Å²) in [5.41, 5.74) is 2.39. The van der Waals surface area contributed by atoms with Crippen LogP contribution in [-0.2, 0) is 10.0 Å². The van der Waals surface area contributed by atoms with Crippen LogP contribution in [0.4, 0.5) is 0 Å². The van der Waals surface area contributed by atoms with Gasteiger partial charge in [-0.15, -0.1) is 0 Å². The number of hydrazone groups is 1. The summed E-state index contributed by atoms with van der Waals surface area (Å²) < 4.78 is 36.4. The highest BCUT2D eigenvalue weighted by molar-refractivity contribution is 7.88. The van der Waals surface area contributed by atoms with E-state index in [1.807, 2.05) is 36.4 Å². The molecule has 7 heteroatoms. The van der Waals surface area contributed by atoms with Gasteiger partial charge in [-0.2, -0.15) is 9.52 Å². The lowest BCUT2D eigenvalue weighted by Gasteiger charge is -2.23. The lowest BCUT2D eigenvalue weighted by Crippen LogP contribution is -2.26. The van der Waals surface area contributed by atoms with E-state index in [0.717, 1.165) is 23.1 Å². The van der Waals surface area contributed by atoms with Crippen molar-refractivity contribution in [2.24, 2.45) is 5.10 Å². The van der Waals surface area contributed by atoms with E-state index in [2.05, 4.69) is 5.10 Å². The third kappa shape index (κ3) is 3.46. The first kappa shape index (κ1) is 17.3. The Bertz CT molecular complexity index is 895. The maximum absolute atomic E-state index is 12.3. The van der Waals surface area contributed by atoms with Crippen molar-refractivity contribution in [3.8, 4) is 11.5 Å². The summed E-state index contributed by atoms with van der Waals surface area (Å²) in [5.74, 6) is 1.22. The molecule has 1 unspecified atom stereocenters. The van der Waals surface area contributed by atoms with Crippen LogP contribution in [0.5, 0.6) is 11.5 Å². The SMILES string of the molecule is COc1ccc(C2CC(c3ccccc3)=NN2S(C)(=O)=O)c(OC)c1. The van der Waals surface area contributed by atoms with Crippen LogP contribution < -0.4 is 9.47 Å². The fourth-order valence-electron chi connectivity index (χ4n) is 2.92. The molecule has 0 amide bonds. The number of rotatable bonds is 5. The Balaban J connectivity index is 2.05. The van der Waals surface area contributed by atoms with Crippen molar-refractivity contribution < 1.29 is 17.9 Å². The van der Waals surface area contributed by atoms with E-state index >= 15 is 0 Å². The predicted molar refractivity (Wildman–Crippen MR) is 96.6 cm³/mol. The fourth-order valence-corrected chi connectivity index (χ4v) is 3.82. The third-order valence-corrected chi connectivity index (χ3v) is 5.13. The van der Waals surface area contributed by atoms with E-state index < -0.39 is 16.1 Å². The van der Waals surface area contributed by atoms with E-state index in [-0.39, 0.29) is 0 Å². The van der Waals surface area contributed by atoms with Gasteiger partial charge in [-0.1, -0.05) is 30.3 Å². The summed E-state index contributed by atoms with van der Waals surface area (Å²) in [6, 6.07) is 14.5. The van der Waals surface area contributed by atoms with Gasteiger partial charge < -0.3 is 9.47 Å². The molecule has 0 N–H and O–H groups in total. The summed E-state index contributed by atoms with van der Waals surface area (Å²) >= 11 is 0. The Morgan fingerprint density at radius 2 is 1.80 bits per heavy atom. The summed E-state index contributed by atoms with van der Waals surface area (Å²) in [5, 5.41) is 4.38. The largest absolute Gasteiger partial charge is 0.497 e. The average Bonchev–Trinajstić information content (AvgIpc) is 3.07. The fraction of sp³-hybridized carbons (Fsp3) is 0.278. The standard InChI is InChI=1S/C18H20N2O4S/c1-23-14-9-10-15(18(11-14)24-2)17-12-16(13-7-5-4-6-8-13)19-20(17)25(3,21)22/h4-11,17H,12H2,1-3H3. The molecular weight excluding hydrogens is 340 g/mol. The van der Waals surface area contributed by atoms with Crippen molar-refractivity contribution in [2.75, 3.05) is 20.5 Å². The predicted octanol–water partition coefficient (Wildman–Crippen LogP) is 2.81. The second-order valence-corrected chi connectivity index (χ2v) is 7.62. The van der Waals surface area contributed by atoms with Crippen molar-refractivity contribution in [3.63, 3.8) is 0 Å². The Kier molecular flexibility index (Phi) is 4.67. The highest BCUT2D eigenvalue weighted by atomic mass is 32.2. The number of hydrogen-bond donors (Lipinski definition) is 0. The molecule has 2 aromatic rings. The molecular formula is C18H20N2O4S. The lowest BCUT2D eigenvalue weighted by atomic mass is 9.98. The molecule has 0 aromatic heterocycles. The molecule has 0 bridgehead atoms. The van der Waals surface area contributed by atoms with Crippen molar-refractivity contribution in [1.82, 2.24) is 4.41 Å². The van der Waals surface area contributed by atoms with Crippen LogP contribution >= 0.6 is 0 Å². The zero-order chi connectivity index (χ0) is 18.0. The lowest BCUT2D eigenvalue weighted by molar-refractivity contribution is 0.348. The maximum Gasteiger partial charge on any atom is 0.247 e. The molecule has 0 aliphatic carbocycles. The minimum absolute atomic E-state index is 0.453. The summed E-state index contributed by atoms with van der Waals surface area (Å²) in [4.78, 5) is 0. The molecule has 0 radical (unpaired) electrons. The van der Waals surface area contributed by atoms with Gasteiger partial charge in [0.2, 0.25) is 10.0 Å². The van der Waals surface area contributed by atoms with E-state index in [9.17, 15) is 8.42 Å². The molecule has 1 aliphatic heterocycles.